The van der Waals surface area contributed by atoms with Crippen molar-refractivity contribution in [3.05, 3.63) is 0 Å². The summed E-state index contributed by atoms with van der Waals surface area (Å²) in [5.41, 5.74) is 0. The molecular weight excluding hydrogens is 180 g/mol. The maximum Gasteiger partial charge on any atom is 0.135 e. The number of rotatable bonds is 5. The highest BCUT2D eigenvalue weighted by molar-refractivity contribution is 5.79. The van der Waals surface area contributed by atoms with Gasteiger partial charge < -0.3 is 9.47 Å². The van der Waals surface area contributed by atoms with Crippen LogP contribution in [0.1, 0.15) is 32.6 Å². The molecule has 1 atom stereocenters. The molecule has 1 heterocycles. The normalized spacial score (nSPS) is 20.7. The second kappa shape index (κ2) is 6.14. The van der Waals surface area contributed by atoms with Crippen molar-refractivity contribution >= 4 is 5.78 Å². The maximum absolute atomic E-state index is 11.6. The fourth-order valence-electron chi connectivity index (χ4n) is 1.76. The number of ether oxygens (including phenoxy) is 2. The summed E-state index contributed by atoms with van der Waals surface area (Å²) < 4.78 is 10.3. The van der Waals surface area contributed by atoms with Gasteiger partial charge in [-0.25, -0.2) is 0 Å². The summed E-state index contributed by atoms with van der Waals surface area (Å²) in [6.45, 7) is 3.57. The third-order valence-corrected chi connectivity index (χ3v) is 2.77. The molecular formula is C11H20O3. The van der Waals surface area contributed by atoms with Gasteiger partial charge in [-0.1, -0.05) is 0 Å². The number of methoxy groups -OCH3 is 1. The Morgan fingerprint density at radius 1 is 1.50 bits per heavy atom. The van der Waals surface area contributed by atoms with Gasteiger partial charge in [-0.2, -0.15) is 0 Å². The quantitative estimate of drug-likeness (QED) is 0.678. The predicted molar refractivity (Wildman–Crippen MR) is 54.3 cm³/mol. The van der Waals surface area contributed by atoms with E-state index < -0.39 is 0 Å². The minimum Gasteiger partial charge on any atom is -0.381 e. The van der Waals surface area contributed by atoms with Crippen LogP contribution in [0.15, 0.2) is 0 Å². The van der Waals surface area contributed by atoms with Crippen LogP contribution in [0.3, 0.4) is 0 Å². The minimum absolute atomic E-state index is 0.0577. The molecule has 0 N–H and O–H groups in total. The van der Waals surface area contributed by atoms with Gasteiger partial charge in [-0.05, 0) is 25.7 Å². The van der Waals surface area contributed by atoms with Crippen LogP contribution in [0, 0.1) is 5.92 Å². The summed E-state index contributed by atoms with van der Waals surface area (Å²) in [4.78, 5) is 11.6. The highest BCUT2D eigenvalue weighted by Crippen LogP contribution is 2.19. The molecule has 1 unspecified atom stereocenters. The Bertz CT molecular complexity index is 173. The van der Waals surface area contributed by atoms with Gasteiger partial charge in [0.15, 0.2) is 0 Å². The fraction of sp³-hybridized carbons (Fsp3) is 0.909. The third-order valence-electron chi connectivity index (χ3n) is 2.77. The number of Topliss-reactive ketones (excluding diaryl/α,β-unsaturated/α-hetero) is 1. The molecule has 0 aliphatic carbocycles. The van der Waals surface area contributed by atoms with Gasteiger partial charge in [0.05, 0.1) is 6.10 Å². The summed E-state index contributed by atoms with van der Waals surface area (Å²) in [7, 11) is 1.65. The largest absolute Gasteiger partial charge is 0.381 e. The first-order valence-electron chi connectivity index (χ1n) is 5.34. The van der Waals surface area contributed by atoms with Gasteiger partial charge >= 0.3 is 0 Å². The molecule has 0 saturated carbocycles. The van der Waals surface area contributed by atoms with E-state index in [1.807, 2.05) is 6.92 Å². The predicted octanol–water partition coefficient (Wildman–Crippen LogP) is 1.80. The molecule has 82 valence electrons. The van der Waals surface area contributed by atoms with Gasteiger partial charge in [0, 0.05) is 33.2 Å². The molecule has 1 saturated heterocycles. The van der Waals surface area contributed by atoms with Crippen molar-refractivity contribution in [1.82, 2.24) is 0 Å². The van der Waals surface area contributed by atoms with Crippen LogP contribution < -0.4 is 0 Å². The molecule has 1 aliphatic rings. The summed E-state index contributed by atoms with van der Waals surface area (Å²) in [6, 6.07) is 0. The molecule has 0 amide bonds. The van der Waals surface area contributed by atoms with Crippen LogP contribution in [0.2, 0.25) is 0 Å². The Kier molecular flexibility index (Phi) is 5.12. The zero-order valence-electron chi connectivity index (χ0n) is 9.12. The topological polar surface area (TPSA) is 35.5 Å². The number of carbonyl (C=O) groups is 1. The van der Waals surface area contributed by atoms with E-state index in [0.717, 1.165) is 26.1 Å². The van der Waals surface area contributed by atoms with Crippen LogP contribution in [0.5, 0.6) is 0 Å². The minimum atomic E-state index is 0.0577. The lowest BCUT2D eigenvalue weighted by Gasteiger charge is -2.21. The summed E-state index contributed by atoms with van der Waals surface area (Å²) in [5, 5.41) is 0. The van der Waals surface area contributed by atoms with Crippen molar-refractivity contribution in [3.63, 3.8) is 0 Å². The highest BCUT2D eigenvalue weighted by atomic mass is 16.5. The van der Waals surface area contributed by atoms with Crippen molar-refractivity contribution in [3.8, 4) is 0 Å². The van der Waals surface area contributed by atoms with Crippen LogP contribution in [0.4, 0.5) is 0 Å². The van der Waals surface area contributed by atoms with E-state index in [4.69, 9.17) is 9.47 Å². The van der Waals surface area contributed by atoms with E-state index in [0.29, 0.717) is 24.5 Å². The van der Waals surface area contributed by atoms with Gasteiger partial charge in [0.2, 0.25) is 0 Å². The zero-order chi connectivity index (χ0) is 10.4. The van der Waals surface area contributed by atoms with E-state index in [1.54, 1.807) is 7.11 Å². The lowest BCUT2D eigenvalue weighted by atomic mass is 9.93. The fourth-order valence-corrected chi connectivity index (χ4v) is 1.76. The van der Waals surface area contributed by atoms with E-state index in [2.05, 4.69) is 0 Å². The van der Waals surface area contributed by atoms with Crippen molar-refractivity contribution in [2.75, 3.05) is 20.3 Å². The number of hydrogen-bond acceptors (Lipinski definition) is 3. The SMILES string of the molecule is COC(C)CC(=O)CC1CCOCC1. The summed E-state index contributed by atoms with van der Waals surface area (Å²) in [6.07, 6.45) is 3.38. The molecule has 1 fully saturated rings. The second-order valence-corrected chi connectivity index (χ2v) is 4.05. The summed E-state index contributed by atoms with van der Waals surface area (Å²) >= 11 is 0. The van der Waals surface area contributed by atoms with Crippen LogP contribution >= 0.6 is 0 Å². The van der Waals surface area contributed by atoms with Gasteiger partial charge in [-0.3, -0.25) is 4.79 Å². The number of ketones is 1. The monoisotopic (exact) mass is 200 g/mol. The number of hydrogen-bond donors (Lipinski definition) is 0. The zero-order valence-corrected chi connectivity index (χ0v) is 9.12. The van der Waals surface area contributed by atoms with Crippen molar-refractivity contribution in [1.29, 1.82) is 0 Å². The first-order chi connectivity index (χ1) is 6.72. The van der Waals surface area contributed by atoms with Crippen LogP contribution in [0.25, 0.3) is 0 Å². The molecule has 0 radical (unpaired) electrons. The molecule has 0 bridgehead atoms. The molecule has 3 nitrogen and oxygen atoms in total. The van der Waals surface area contributed by atoms with Crippen molar-refractivity contribution < 1.29 is 14.3 Å². The third kappa shape index (κ3) is 4.20. The Hall–Kier alpha value is -0.410. The Morgan fingerprint density at radius 2 is 2.14 bits per heavy atom. The van der Waals surface area contributed by atoms with E-state index in [1.165, 1.54) is 0 Å². The lowest BCUT2D eigenvalue weighted by Crippen LogP contribution is -2.20. The Morgan fingerprint density at radius 3 is 2.71 bits per heavy atom. The van der Waals surface area contributed by atoms with Gasteiger partial charge in [0.1, 0.15) is 5.78 Å². The van der Waals surface area contributed by atoms with E-state index in [9.17, 15) is 4.79 Å². The maximum atomic E-state index is 11.6. The van der Waals surface area contributed by atoms with Crippen LogP contribution in [-0.4, -0.2) is 32.2 Å². The molecule has 0 aromatic carbocycles. The molecule has 3 heteroatoms. The second-order valence-electron chi connectivity index (χ2n) is 4.05. The standard InChI is InChI=1S/C11H20O3/c1-9(13-2)7-11(12)8-10-3-5-14-6-4-10/h9-10H,3-8H2,1-2H3. The highest BCUT2D eigenvalue weighted by Gasteiger charge is 2.18. The van der Waals surface area contributed by atoms with E-state index >= 15 is 0 Å². The molecule has 0 aromatic heterocycles. The molecule has 14 heavy (non-hydrogen) atoms. The van der Waals surface area contributed by atoms with Crippen molar-refractivity contribution in [2.45, 2.75) is 38.7 Å². The smallest absolute Gasteiger partial charge is 0.135 e. The molecule has 0 aromatic rings. The average molecular weight is 200 g/mol. The number of carbonyl (C=O) groups excluding carboxylic acids is 1. The summed E-state index contributed by atoms with van der Waals surface area (Å²) in [5.74, 6) is 0.867. The molecule has 1 rings (SSSR count). The first kappa shape index (κ1) is 11.7. The van der Waals surface area contributed by atoms with Crippen molar-refractivity contribution in [2.24, 2.45) is 5.92 Å². The first-order valence-corrected chi connectivity index (χ1v) is 5.34. The Labute approximate surface area is 85.8 Å². The average Bonchev–Trinajstić information content (AvgIpc) is 2.19. The lowest BCUT2D eigenvalue weighted by molar-refractivity contribution is -0.122. The molecule has 0 spiro atoms. The van der Waals surface area contributed by atoms with E-state index in [-0.39, 0.29) is 6.10 Å². The Balaban J connectivity index is 2.18. The van der Waals surface area contributed by atoms with Gasteiger partial charge in [-0.15, -0.1) is 0 Å². The van der Waals surface area contributed by atoms with Crippen LogP contribution in [-0.2, 0) is 14.3 Å². The molecule has 1 aliphatic heterocycles. The van der Waals surface area contributed by atoms with Gasteiger partial charge in [0.25, 0.3) is 0 Å².